The van der Waals surface area contributed by atoms with Crippen LogP contribution in [0.25, 0.3) is 22.3 Å². The van der Waals surface area contributed by atoms with Gasteiger partial charge in [-0.2, -0.15) is 0 Å². The molecule has 0 unspecified atom stereocenters. The molecule has 0 saturated carbocycles. The van der Waals surface area contributed by atoms with Crippen molar-refractivity contribution in [2.75, 3.05) is 43.6 Å². The van der Waals surface area contributed by atoms with Gasteiger partial charge < -0.3 is 18.4 Å². The van der Waals surface area contributed by atoms with E-state index in [0.29, 0.717) is 47.1 Å². The molecular formula is C32H39FN5O4S2+. The minimum absolute atomic E-state index is 0.0451. The summed E-state index contributed by atoms with van der Waals surface area (Å²) in [5, 5.41) is 12.0. The number of nitrogens with zero attached hydrogens (tertiary/aromatic N) is 4. The zero-order chi connectivity index (χ0) is 31.0. The summed E-state index contributed by atoms with van der Waals surface area (Å²) < 4.78 is 51.5. The second-order valence-corrected chi connectivity index (χ2v) is 14.5. The van der Waals surface area contributed by atoms with Gasteiger partial charge in [0.25, 0.3) is 0 Å². The van der Waals surface area contributed by atoms with Crippen LogP contribution in [-0.2, 0) is 22.8 Å². The molecule has 2 aromatic heterocycles. The van der Waals surface area contributed by atoms with Gasteiger partial charge in [0.15, 0.2) is 10.8 Å². The molecule has 9 nitrogen and oxygen atoms in total. The van der Waals surface area contributed by atoms with E-state index in [9.17, 15) is 17.9 Å². The Balaban J connectivity index is 1.37. The molecule has 0 radical (unpaired) electrons. The van der Waals surface area contributed by atoms with Crippen molar-refractivity contribution in [1.82, 2.24) is 14.5 Å². The molecule has 2 aromatic carbocycles. The fraction of sp³-hybridized carbons (Fsp3) is 0.438. The van der Waals surface area contributed by atoms with Crippen molar-refractivity contribution in [2.45, 2.75) is 56.0 Å². The second kappa shape index (κ2) is 12.6. The normalized spacial score (nSPS) is 18.4. The molecule has 2 aliphatic rings. The summed E-state index contributed by atoms with van der Waals surface area (Å²) >= 11 is 1.57. The molecule has 1 saturated heterocycles. The van der Waals surface area contributed by atoms with E-state index in [4.69, 9.17) is 4.42 Å². The first-order valence-electron chi connectivity index (χ1n) is 15.1. The van der Waals surface area contributed by atoms with Gasteiger partial charge in [-0.3, -0.25) is 4.90 Å². The Bertz CT molecular complexity index is 1800. The predicted octanol–water partition coefficient (Wildman–Crippen LogP) is 4.50. The van der Waals surface area contributed by atoms with Gasteiger partial charge in [-0.05, 0) is 74.0 Å². The number of aliphatic hydroxyl groups is 1. The molecule has 12 heteroatoms. The molecule has 4 heterocycles. The summed E-state index contributed by atoms with van der Waals surface area (Å²) in [4.78, 5) is 9.36. The van der Waals surface area contributed by atoms with Crippen LogP contribution in [0.5, 0.6) is 0 Å². The SMILES string of the molecule is C[NH+]=C(O)c1c(-c2ccc(F)cc2)oc2cc(N(C)SC)c([C@@H]3CCCN(CS(=O)(=O)c4cnc5n4CCCCC5)C3)cc12. The number of furan rings is 1. The molecule has 1 fully saturated rings. The van der Waals surface area contributed by atoms with E-state index in [-0.39, 0.29) is 23.5 Å². The quantitative estimate of drug-likeness (QED) is 0.165. The van der Waals surface area contributed by atoms with E-state index >= 15 is 0 Å². The van der Waals surface area contributed by atoms with Gasteiger partial charge in [-0.25, -0.2) is 22.8 Å². The average Bonchev–Trinajstić information content (AvgIpc) is 3.53. The molecular weight excluding hydrogens is 602 g/mol. The van der Waals surface area contributed by atoms with Crippen molar-refractivity contribution in [2.24, 2.45) is 0 Å². The maximum atomic E-state index is 13.7. The van der Waals surface area contributed by atoms with Gasteiger partial charge in [0.1, 0.15) is 35.7 Å². The number of halogens is 1. The molecule has 0 aliphatic carbocycles. The number of aryl methyl sites for hydroxylation is 1. The van der Waals surface area contributed by atoms with Crippen molar-refractivity contribution in [3.05, 3.63) is 65.4 Å². The van der Waals surface area contributed by atoms with Crippen LogP contribution in [0.4, 0.5) is 10.1 Å². The first kappa shape index (κ1) is 30.7. The Kier molecular flexibility index (Phi) is 8.76. The minimum atomic E-state index is -3.57. The highest BCUT2D eigenvalue weighted by atomic mass is 32.2. The molecule has 4 aromatic rings. The molecule has 6 rings (SSSR count). The highest BCUT2D eigenvalue weighted by Crippen LogP contribution is 2.42. The monoisotopic (exact) mass is 640 g/mol. The van der Waals surface area contributed by atoms with Crippen molar-refractivity contribution in [3.8, 4) is 11.3 Å². The van der Waals surface area contributed by atoms with E-state index < -0.39 is 9.84 Å². The van der Waals surface area contributed by atoms with Gasteiger partial charge in [-0.1, -0.05) is 18.4 Å². The summed E-state index contributed by atoms with van der Waals surface area (Å²) in [6.07, 6.45) is 9.20. The first-order chi connectivity index (χ1) is 21.2. The first-order valence-corrected chi connectivity index (χ1v) is 17.9. The number of anilines is 1. The van der Waals surface area contributed by atoms with E-state index in [2.05, 4.69) is 20.3 Å². The zero-order valence-electron chi connectivity index (χ0n) is 25.3. The van der Waals surface area contributed by atoms with Crippen LogP contribution in [0, 0.1) is 5.82 Å². The Morgan fingerprint density at radius 3 is 2.73 bits per heavy atom. The fourth-order valence-corrected chi connectivity index (χ4v) is 8.51. The van der Waals surface area contributed by atoms with E-state index in [0.717, 1.165) is 61.0 Å². The van der Waals surface area contributed by atoms with Crippen LogP contribution in [0.1, 0.15) is 55.0 Å². The number of aromatic nitrogens is 2. The van der Waals surface area contributed by atoms with Gasteiger partial charge in [0, 0.05) is 49.8 Å². The van der Waals surface area contributed by atoms with E-state index in [1.807, 2.05) is 28.8 Å². The zero-order valence-corrected chi connectivity index (χ0v) is 27.0. The number of likely N-dealkylation sites (tertiary alicyclic amines) is 1. The molecule has 1 atom stereocenters. The lowest BCUT2D eigenvalue weighted by atomic mass is 9.88. The Morgan fingerprint density at radius 2 is 1.98 bits per heavy atom. The maximum Gasteiger partial charge on any atom is 0.370 e. The number of aliphatic hydroxyl groups excluding tert-OH is 1. The van der Waals surface area contributed by atoms with Crippen molar-refractivity contribution < 1.29 is 27.3 Å². The van der Waals surface area contributed by atoms with Gasteiger partial charge in [0.05, 0.1) is 11.9 Å². The number of benzene rings is 2. The second-order valence-electron chi connectivity index (χ2n) is 11.6. The van der Waals surface area contributed by atoms with Gasteiger partial charge in [0.2, 0.25) is 9.84 Å². The number of hydrogen-bond donors (Lipinski definition) is 2. The third kappa shape index (κ3) is 5.87. The largest absolute Gasteiger partial charge is 0.460 e. The molecule has 2 N–H and O–H groups in total. The lowest BCUT2D eigenvalue weighted by molar-refractivity contribution is -0.429. The van der Waals surface area contributed by atoms with Crippen LogP contribution < -0.4 is 9.30 Å². The van der Waals surface area contributed by atoms with Crippen molar-refractivity contribution in [3.63, 3.8) is 0 Å². The Labute approximate surface area is 261 Å². The standard InChI is InChI=1S/C32H38FN5O4S2/c1-34-32(39)30-25-16-24(26(36(2)43-3)17-27(25)42-31(30)21-10-12-23(33)13-11-21)22-8-7-14-37(19-22)20-44(40,41)29-18-35-28-9-5-4-6-15-38(28)29/h10-13,16-18,22H,4-9,14-15,19-20H2,1-3H3,(H,34,39)/p+1/t22-/m1/s1. The number of rotatable bonds is 8. The molecule has 234 valence electrons. The molecule has 2 aliphatic heterocycles. The van der Waals surface area contributed by atoms with Crippen LogP contribution in [0.3, 0.4) is 0 Å². The van der Waals surface area contributed by atoms with Crippen LogP contribution in [-0.4, -0.2) is 73.2 Å². The lowest BCUT2D eigenvalue weighted by Crippen LogP contribution is -2.68. The molecule has 0 amide bonds. The summed E-state index contributed by atoms with van der Waals surface area (Å²) in [6, 6.07) is 10.1. The Morgan fingerprint density at radius 1 is 1.18 bits per heavy atom. The topological polar surface area (TPSA) is 106 Å². The predicted molar refractivity (Wildman–Crippen MR) is 173 cm³/mol. The van der Waals surface area contributed by atoms with E-state index in [1.165, 1.54) is 12.1 Å². The number of nitrogens with one attached hydrogen (secondary N) is 1. The van der Waals surface area contributed by atoms with Crippen molar-refractivity contribution in [1.29, 1.82) is 0 Å². The van der Waals surface area contributed by atoms with Crippen LogP contribution in [0.2, 0.25) is 0 Å². The number of imidazole rings is 1. The lowest BCUT2D eigenvalue weighted by Gasteiger charge is -2.34. The third-order valence-corrected chi connectivity index (χ3v) is 11.2. The highest BCUT2D eigenvalue weighted by molar-refractivity contribution is 7.99. The minimum Gasteiger partial charge on any atom is -0.460 e. The number of piperidine rings is 1. The number of hydrogen-bond acceptors (Lipinski definition) is 7. The van der Waals surface area contributed by atoms with Gasteiger partial charge in [-0.15, -0.1) is 0 Å². The summed E-state index contributed by atoms with van der Waals surface area (Å²) in [5.74, 6) is 0.920. The highest BCUT2D eigenvalue weighted by Gasteiger charge is 2.32. The van der Waals surface area contributed by atoms with Gasteiger partial charge >= 0.3 is 5.90 Å². The molecule has 0 spiro atoms. The van der Waals surface area contributed by atoms with E-state index in [1.54, 1.807) is 37.3 Å². The number of sulfone groups is 1. The van der Waals surface area contributed by atoms with Crippen LogP contribution >= 0.6 is 11.9 Å². The summed E-state index contributed by atoms with van der Waals surface area (Å²) in [6.45, 7) is 1.98. The third-order valence-electron chi connectivity index (χ3n) is 8.83. The van der Waals surface area contributed by atoms with Crippen molar-refractivity contribution >= 4 is 44.3 Å². The summed E-state index contributed by atoms with van der Waals surface area (Å²) in [7, 11) is 0.0590. The molecule has 0 bridgehead atoms. The fourth-order valence-electron chi connectivity index (χ4n) is 6.56. The Hall–Kier alpha value is -3.35. The molecule has 44 heavy (non-hydrogen) atoms. The maximum absolute atomic E-state index is 13.7. The summed E-state index contributed by atoms with van der Waals surface area (Å²) in [5.41, 5.74) is 3.78. The smallest absolute Gasteiger partial charge is 0.370 e. The van der Waals surface area contributed by atoms with Crippen LogP contribution in [0.15, 0.2) is 52.0 Å². The average molecular weight is 641 g/mol. The number of fused-ring (bicyclic) bond motifs is 2.